The van der Waals surface area contributed by atoms with Crippen molar-refractivity contribution in [3.63, 3.8) is 0 Å². The number of rotatable bonds is 6. The average Bonchev–Trinajstić information content (AvgIpc) is 1.97. The zero-order valence-electron chi connectivity index (χ0n) is 5.98. The summed E-state index contributed by atoms with van der Waals surface area (Å²) in [6.45, 7) is 0.541. The highest BCUT2D eigenvalue weighted by Gasteiger charge is 1.99. The van der Waals surface area contributed by atoms with Gasteiger partial charge in [0.1, 0.15) is 13.3 Å². The van der Waals surface area contributed by atoms with Crippen LogP contribution in [0.15, 0.2) is 0 Å². The summed E-state index contributed by atoms with van der Waals surface area (Å²) in [6, 6.07) is 0. The van der Waals surface area contributed by atoms with Gasteiger partial charge in [0.15, 0.2) is 6.29 Å². The Labute approximate surface area is 59.1 Å². The molecule has 0 aromatic carbocycles. The molecule has 0 amide bonds. The topological polar surface area (TPSA) is 18.5 Å². The molecular weight excluding hydrogens is 142 g/mol. The molecule has 0 unspecified atom stereocenters. The van der Waals surface area contributed by atoms with E-state index >= 15 is 0 Å². The number of ether oxygens (including phenoxy) is 2. The van der Waals surface area contributed by atoms with E-state index in [0.717, 1.165) is 0 Å². The predicted molar refractivity (Wildman–Crippen MR) is 33.3 cm³/mol. The van der Waals surface area contributed by atoms with Crippen LogP contribution in [0.4, 0.5) is 8.78 Å². The number of alkyl halides is 2. The Balaban J connectivity index is 3.00. The molecule has 0 aliphatic heterocycles. The first kappa shape index (κ1) is 9.78. The van der Waals surface area contributed by atoms with Crippen LogP contribution in [-0.4, -0.2) is 32.9 Å². The van der Waals surface area contributed by atoms with E-state index in [-0.39, 0.29) is 13.2 Å². The van der Waals surface area contributed by atoms with E-state index in [1.54, 1.807) is 6.92 Å². The molecular formula is C6H12F2O2. The Morgan fingerprint density at radius 3 is 1.80 bits per heavy atom. The number of hydrogen-bond acceptors (Lipinski definition) is 2. The molecule has 0 aromatic rings. The zero-order chi connectivity index (χ0) is 7.82. The monoisotopic (exact) mass is 154 g/mol. The van der Waals surface area contributed by atoms with Crippen molar-refractivity contribution in [2.24, 2.45) is 0 Å². The van der Waals surface area contributed by atoms with Crippen LogP contribution in [0.3, 0.4) is 0 Å². The second-order valence-electron chi connectivity index (χ2n) is 1.69. The van der Waals surface area contributed by atoms with Gasteiger partial charge in [-0.25, -0.2) is 8.78 Å². The summed E-state index contributed by atoms with van der Waals surface area (Å²) < 4.78 is 32.3. The van der Waals surface area contributed by atoms with E-state index < -0.39 is 19.6 Å². The van der Waals surface area contributed by atoms with Crippen molar-refractivity contribution in [2.45, 2.75) is 13.2 Å². The van der Waals surface area contributed by atoms with Crippen LogP contribution in [0.2, 0.25) is 0 Å². The molecule has 0 aliphatic carbocycles. The highest BCUT2D eigenvalue weighted by Crippen LogP contribution is 1.92. The zero-order valence-corrected chi connectivity index (χ0v) is 5.98. The first-order valence-electron chi connectivity index (χ1n) is 3.16. The fourth-order valence-electron chi connectivity index (χ4n) is 0.469. The third-order valence-corrected chi connectivity index (χ3v) is 0.859. The lowest BCUT2D eigenvalue weighted by Gasteiger charge is -2.10. The first-order valence-corrected chi connectivity index (χ1v) is 3.16. The molecule has 10 heavy (non-hydrogen) atoms. The van der Waals surface area contributed by atoms with Crippen LogP contribution in [0.25, 0.3) is 0 Å². The third kappa shape index (κ3) is 5.91. The number of hydrogen-bond donors (Lipinski definition) is 0. The largest absolute Gasteiger partial charge is 0.350 e. The lowest BCUT2D eigenvalue weighted by Crippen LogP contribution is -2.15. The SMILES string of the molecule is CC(OCCF)OCCF. The molecule has 0 bridgehead atoms. The molecule has 0 heterocycles. The van der Waals surface area contributed by atoms with Crippen LogP contribution in [0.1, 0.15) is 6.92 Å². The van der Waals surface area contributed by atoms with Gasteiger partial charge in [0.2, 0.25) is 0 Å². The smallest absolute Gasteiger partial charge is 0.155 e. The van der Waals surface area contributed by atoms with Crippen LogP contribution in [0.5, 0.6) is 0 Å². The highest BCUT2D eigenvalue weighted by atomic mass is 19.1. The summed E-state index contributed by atoms with van der Waals surface area (Å²) >= 11 is 0. The Morgan fingerprint density at radius 1 is 1.10 bits per heavy atom. The fourth-order valence-corrected chi connectivity index (χ4v) is 0.469. The minimum absolute atomic E-state index is 0.00739. The number of halogens is 2. The molecule has 0 fully saturated rings. The van der Waals surface area contributed by atoms with Crippen molar-refractivity contribution in [3.8, 4) is 0 Å². The molecule has 2 nitrogen and oxygen atoms in total. The summed E-state index contributed by atoms with van der Waals surface area (Å²) in [5.41, 5.74) is 0. The molecule has 62 valence electrons. The first-order chi connectivity index (χ1) is 4.81. The Kier molecular flexibility index (Phi) is 6.74. The molecule has 0 atom stereocenters. The molecule has 0 spiro atoms. The van der Waals surface area contributed by atoms with Gasteiger partial charge in [-0.1, -0.05) is 0 Å². The second kappa shape index (κ2) is 6.89. The van der Waals surface area contributed by atoms with E-state index in [0.29, 0.717) is 0 Å². The van der Waals surface area contributed by atoms with Gasteiger partial charge < -0.3 is 9.47 Å². The minimum Gasteiger partial charge on any atom is -0.350 e. The van der Waals surface area contributed by atoms with Crippen molar-refractivity contribution in [2.75, 3.05) is 26.6 Å². The van der Waals surface area contributed by atoms with Crippen molar-refractivity contribution in [3.05, 3.63) is 0 Å². The average molecular weight is 154 g/mol. The van der Waals surface area contributed by atoms with Crippen molar-refractivity contribution in [1.82, 2.24) is 0 Å². The standard InChI is InChI=1S/C6H12F2O2/c1-6(9-4-2-7)10-5-3-8/h6H,2-5H2,1H3. The quantitative estimate of drug-likeness (QED) is 0.537. The van der Waals surface area contributed by atoms with E-state index in [9.17, 15) is 8.78 Å². The molecule has 0 aliphatic rings. The van der Waals surface area contributed by atoms with Crippen LogP contribution < -0.4 is 0 Å². The Bertz CT molecular complexity index is 62.8. The molecule has 0 radical (unpaired) electrons. The lowest BCUT2D eigenvalue weighted by molar-refractivity contribution is -0.134. The lowest BCUT2D eigenvalue weighted by atomic mass is 10.7. The maximum Gasteiger partial charge on any atom is 0.155 e. The van der Waals surface area contributed by atoms with Crippen molar-refractivity contribution >= 4 is 0 Å². The fraction of sp³-hybridized carbons (Fsp3) is 1.00. The van der Waals surface area contributed by atoms with E-state index in [1.165, 1.54) is 0 Å². The molecule has 0 aromatic heterocycles. The van der Waals surface area contributed by atoms with Gasteiger partial charge in [-0.3, -0.25) is 0 Å². The Hall–Kier alpha value is -0.220. The van der Waals surface area contributed by atoms with E-state index in [4.69, 9.17) is 9.47 Å². The van der Waals surface area contributed by atoms with Gasteiger partial charge in [-0.2, -0.15) is 0 Å². The van der Waals surface area contributed by atoms with Gasteiger partial charge >= 0.3 is 0 Å². The van der Waals surface area contributed by atoms with Crippen LogP contribution in [0, 0.1) is 0 Å². The van der Waals surface area contributed by atoms with Gasteiger partial charge in [-0.15, -0.1) is 0 Å². The maximum absolute atomic E-state index is 11.4. The molecule has 0 rings (SSSR count). The van der Waals surface area contributed by atoms with Gasteiger partial charge in [-0.05, 0) is 6.92 Å². The van der Waals surface area contributed by atoms with E-state index in [2.05, 4.69) is 0 Å². The summed E-state index contributed by atoms with van der Waals surface area (Å²) in [5.74, 6) is 0. The predicted octanol–water partition coefficient (Wildman–Crippen LogP) is 1.30. The highest BCUT2D eigenvalue weighted by molar-refractivity contribution is 4.32. The Morgan fingerprint density at radius 2 is 1.50 bits per heavy atom. The summed E-state index contributed by atoms with van der Waals surface area (Å²) in [4.78, 5) is 0. The van der Waals surface area contributed by atoms with Gasteiger partial charge in [0, 0.05) is 0 Å². The second-order valence-corrected chi connectivity index (χ2v) is 1.69. The van der Waals surface area contributed by atoms with Crippen molar-refractivity contribution in [1.29, 1.82) is 0 Å². The van der Waals surface area contributed by atoms with E-state index in [1.807, 2.05) is 0 Å². The van der Waals surface area contributed by atoms with Gasteiger partial charge in [0.25, 0.3) is 0 Å². The maximum atomic E-state index is 11.4. The molecule has 0 saturated heterocycles. The normalized spacial score (nSPS) is 10.8. The van der Waals surface area contributed by atoms with Crippen LogP contribution in [-0.2, 0) is 9.47 Å². The van der Waals surface area contributed by atoms with Crippen LogP contribution >= 0.6 is 0 Å². The summed E-state index contributed by atoms with van der Waals surface area (Å²) in [5, 5.41) is 0. The summed E-state index contributed by atoms with van der Waals surface area (Å²) in [6.07, 6.45) is -0.508. The van der Waals surface area contributed by atoms with Gasteiger partial charge in [0.05, 0.1) is 13.2 Å². The third-order valence-electron chi connectivity index (χ3n) is 0.859. The van der Waals surface area contributed by atoms with Crippen molar-refractivity contribution < 1.29 is 18.3 Å². The molecule has 0 saturated carbocycles. The molecule has 4 heteroatoms. The molecule has 0 N–H and O–H groups in total. The minimum atomic E-state index is -0.538. The summed E-state index contributed by atoms with van der Waals surface area (Å²) in [7, 11) is 0.